The van der Waals surface area contributed by atoms with Gasteiger partial charge in [-0.1, -0.05) is 6.07 Å². The van der Waals surface area contributed by atoms with Crippen LogP contribution in [-0.4, -0.2) is 32.6 Å². The Kier molecular flexibility index (Phi) is 4.71. The number of rotatable bonds is 4. The monoisotopic (exact) mass is 448 g/mol. The lowest BCUT2D eigenvalue weighted by Gasteiger charge is -2.09. The number of amides is 1. The van der Waals surface area contributed by atoms with Crippen LogP contribution in [0.25, 0.3) is 22.9 Å². The Morgan fingerprint density at radius 3 is 2.69 bits per heavy atom. The lowest BCUT2D eigenvalue weighted by Crippen LogP contribution is -2.22. The topological polar surface area (TPSA) is 151 Å². The molecule has 32 heavy (non-hydrogen) atoms. The van der Waals surface area contributed by atoms with E-state index < -0.39 is 5.56 Å². The normalized spacial score (nSPS) is 12.8. The summed E-state index contributed by atoms with van der Waals surface area (Å²) in [5, 5.41) is 2.84. The van der Waals surface area contributed by atoms with Gasteiger partial charge in [0.25, 0.3) is 11.5 Å². The van der Waals surface area contributed by atoms with Crippen molar-refractivity contribution in [1.29, 1.82) is 0 Å². The maximum Gasteiger partial charge on any atom is 0.277 e. The first-order valence-electron chi connectivity index (χ1n) is 9.47. The molecule has 0 aliphatic carbocycles. The zero-order valence-electron chi connectivity index (χ0n) is 16.4. The highest BCUT2D eigenvalue weighted by molar-refractivity contribution is 7.71. The number of hydrogen-bond donors (Lipinski definition) is 5. The average Bonchev–Trinajstić information content (AvgIpc) is 3.40. The summed E-state index contributed by atoms with van der Waals surface area (Å²) in [6, 6.07) is 11.9. The number of nitrogens with two attached hydrogens (primary N) is 1. The molecule has 0 radical (unpaired) electrons. The molecule has 11 heteroatoms. The number of nitrogen functional groups attached to an aromatic ring is 1. The van der Waals surface area contributed by atoms with Gasteiger partial charge in [0, 0.05) is 11.3 Å². The summed E-state index contributed by atoms with van der Waals surface area (Å²) in [4.78, 5) is 37.8. The van der Waals surface area contributed by atoms with Crippen molar-refractivity contribution < 1.29 is 14.3 Å². The van der Waals surface area contributed by atoms with Gasteiger partial charge < -0.3 is 30.5 Å². The van der Waals surface area contributed by atoms with Gasteiger partial charge >= 0.3 is 0 Å². The highest BCUT2D eigenvalue weighted by Crippen LogP contribution is 2.33. The standard InChI is InChI=1S/C21H16N6O4S/c22-12-4-2-11(3-5-12)19(28)23-13(7-10-1-6-14-15(8-10)31-9-30-14)17-24-16-18(25-17)26-21(32)27-20(16)29/h1-8H,9,22H2,(H,23,28)(H3,24,25,26,27,29,32). The molecule has 0 atom stereocenters. The number of carbonyl (C=O) groups is 1. The van der Waals surface area contributed by atoms with E-state index in [1.165, 1.54) is 0 Å². The molecule has 4 aromatic rings. The number of anilines is 1. The molecule has 0 bridgehead atoms. The molecule has 2 aromatic heterocycles. The molecule has 0 fully saturated rings. The molecule has 1 amide bonds. The van der Waals surface area contributed by atoms with Gasteiger partial charge in [0.1, 0.15) is 5.52 Å². The van der Waals surface area contributed by atoms with Crippen LogP contribution < -0.4 is 26.1 Å². The van der Waals surface area contributed by atoms with E-state index in [0.717, 1.165) is 5.56 Å². The third-order valence-corrected chi connectivity index (χ3v) is 4.98. The molecule has 1 aliphatic rings. The van der Waals surface area contributed by atoms with Crippen molar-refractivity contribution in [2.45, 2.75) is 0 Å². The summed E-state index contributed by atoms with van der Waals surface area (Å²) in [6.07, 6.45) is 1.71. The summed E-state index contributed by atoms with van der Waals surface area (Å²) in [6.45, 7) is 0.148. The van der Waals surface area contributed by atoms with Gasteiger partial charge in [-0.05, 0) is 60.3 Å². The van der Waals surface area contributed by atoms with E-state index in [1.807, 2.05) is 6.07 Å². The second-order valence-electron chi connectivity index (χ2n) is 6.96. The number of aromatic nitrogens is 4. The molecule has 0 spiro atoms. The Hall–Kier alpha value is -4.38. The van der Waals surface area contributed by atoms with Gasteiger partial charge in [-0.2, -0.15) is 0 Å². The molecule has 6 N–H and O–H groups in total. The molecule has 1 aliphatic heterocycles. The highest BCUT2D eigenvalue weighted by Gasteiger charge is 2.17. The van der Waals surface area contributed by atoms with E-state index in [2.05, 4.69) is 25.3 Å². The third kappa shape index (κ3) is 3.72. The van der Waals surface area contributed by atoms with Crippen molar-refractivity contribution in [3.05, 3.63) is 74.5 Å². The number of fused-ring (bicyclic) bond motifs is 2. The summed E-state index contributed by atoms with van der Waals surface area (Å²) in [5.74, 6) is 1.12. The van der Waals surface area contributed by atoms with Crippen molar-refractivity contribution in [3.63, 3.8) is 0 Å². The molecular weight excluding hydrogens is 432 g/mol. The Morgan fingerprint density at radius 2 is 1.88 bits per heavy atom. The summed E-state index contributed by atoms with van der Waals surface area (Å²) >= 11 is 5.01. The first-order valence-corrected chi connectivity index (χ1v) is 9.88. The van der Waals surface area contributed by atoms with Crippen LogP contribution in [0.2, 0.25) is 0 Å². The molecule has 0 saturated carbocycles. The first-order chi connectivity index (χ1) is 15.5. The second-order valence-corrected chi connectivity index (χ2v) is 7.37. The Morgan fingerprint density at radius 1 is 1.09 bits per heavy atom. The van der Waals surface area contributed by atoms with Gasteiger partial charge in [-0.3, -0.25) is 14.6 Å². The van der Waals surface area contributed by atoms with Crippen LogP contribution in [0.15, 0.2) is 47.3 Å². The number of hydrogen-bond acceptors (Lipinski definition) is 7. The van der Waals surface area contributed by atoms with Crippen molar-refractivity contribution in [2.75, 3.05) is 12.5 Å². The van der Waals surface area contributed by atoms with E-state index in [4.69, 9.17) is 27.4 Å². The molecular formula is C21H16N6O4S. The quantitative estimate of drug-likeness (QED) is 0.238. The Labute approximate surface area is 185 Å². The molecule has 0 saturated heterocycles. The van der Waals surface area contributed by atoms with E-state index in [9.17, 15) is 9.59 Å². The minimum absolute atomic E-state index is 0.146. The molecule has 5 rings (SSSR count). The van der Waals surface area contributed by atoms with Crippen LogP contribution in [0.1, 0.15) is 21.7 Å². The minimum Gasteiger partial charge on any atom is -0.454 e. The van der Waals surface area contributed by atoms with Crippen molar-refractivity contribution in [2.24, 2.45) is 0 Å². The fraction of sp³-hybridized carbons (Fsp3) is 0.0476. The zero-order valence-corrected chi connectivity index (χ0v) is 17.2. The second kappa shape index (κ2) is 7.71. The number of aromatic amines is 3. The van der Waals surface area contributed by atoms with Gasteiger partial charge in [0.15, 0.2) is 27.7 Å². The number of carbonyl (C=O) groups excluding carboxylic acids is 1. The Balaban J connectivity index is 1.59. The fourth-order valence-corrected chi connectivity index (χ4v) is 3.41. The van der Waals surface area contributed by atoms with Crippen LogP contribution in [0.5, 0.6) is 11.5 Å². The van der Waals surface area contributed by atoms with E-state index in [0.29, 0.717) is 28.4 Å². The molecule has 3 heterocycles. The number of benzene rings is 2. The summed E-state index contributed by atoms with van der Waals surface area (Å²) in [5.41, 5.74) is 7.77. The number of nitrogens with one attached hydrogen (secondary N) is 4. The van der Waals surface area contributed by atoms with Crippen LogP contribution in [-0.2, 0) is 0 Å². The van der Waals surface area contributed by atoms with Gasteiger partial charge in [-0.15, -0.1) is 0 Å². The lowest BCUT2D eigenvalue weighted by atomic mass is 10.1. The number of ether oxygens (including phenoxy) is 2. The number of nitrogens with zero attached hydrogens (tertiary/aromatic N) is 1. The predicted molar refractivity (Wildman–Crippen MR) is 121 cm³/mol. The van der Waals surface area contributed by atoms with E-state index >= 15 is 0 Å². The molecule has 2 aromatic carbocycles. The maximum absolute atomic E-state index is 12.9. The van der Waals surface area contributed by atoms with Gasteiger partial charge in [-0.25, -0.2) is 4.98 Å². The van der Waals surface area contributed by atoms with Crippen LogP contribution >= 0.6 is 12.2 Å². The zero-order chi connectivity index (χ0) is 22.2. The summed E-state index contributed by atoms with van der Waals surface area (Å²) in [7, 11) is 0. The highest BCUT2D eigenvalue weighted by atomic mass is 32.1. The average molecular weight is 448 g/mol. The number of imidazole rings is 1. The number of H-pyrrole nitrogens is 3. The SMILES string of the molecule is Nc1ccc(C(=O)NC(=Cc2ccc3c(c2)OCO3)c2nc3[nH]c(=S)[nH]c(=O)c3[nH]2)cc1. The molecule has 160 valence electrons. The van der Waals surface area contributed by atoms with E-state index in [1.54, 1.807) is 42.5 Å². The van der Waals surface area contributed by atoms with Crippen molar-refractivity contribution in [1.82, 2.24) is 25.3 Å². The smallest absolute Gasteiger partial charge is 0.277 e. The first kappa shape index (κ1) is 19.6. The predicted octanol–water partition coefficient (Wildman–Crippen LogP) is 2.55. The third-order valence-electron chi connectivity index (χ3n) is 4.77. The maximum atomic E-state index is 12.9. The van der Waals surface area contributed by atoms with Crippen LogP contribution in [0, 0.1) is 4.77 Å². The van der Waals surface area contributed by atoms with Gasteiger partial charge in [0.05, 0.1) is 5.70 Å². The fourth-order valence-electron chi connectivity index (χ4n) is 3.22. The largest absolute Gasteiger partial charge is 0.454 e. The minimum atomic E-state index is -0.421. The lowest BCUT2D eigenvalue weighted by molar-refractivity contribution is 0.0973. The van der Waals surface area contributed by atoms with Crippen molar-refractivity contribution in [3.8, 4) is 11.5 Å². The van der Waals surface area contributed by atoms with Crippen molar-refractivity contribution >= 4 is 46.7 Å². The Bertz CT molecular complexity index is 1500. The van der Waals surface area contributed by atoms with Crippen LogP contribution in [0.3, 0.4) is 0 Å². The van der Waals surface area contributed by atoms with Crippen LogP contribution in [0.4, 0.5) is 5.69 Å². The van der Waals surface area contributed by atoms with Gasteiger partial charge in [0.2, 0.25) is 6.79 Å². The summed E-state index contributed by atoms with van der Waals surface area (Å²) < 4.78 is 10.9. The molecule has 10 nitrogen and oxygen atoms in total. The van der Waals surface area contributed by atoms with E-state index in [-0.39, 0.29) is 34.5 Å². The molecule has 0 unspecified atom stereocenters.